The lowest BCUT2D eigenvalue weighted by molar-refractivity contribution is -0.139. The number of rotatable bonds is 7. The van der Waals surface area contributed by atoms with Crippen molar-refractivity contribution in [1.29, 1.82) is 0 Å². The number of H-pyrrole nitrogens is 1. The van der Waals surface area contributed by atoms with Crippen molar-refractivity contribution in [3.8, 4) is 5.69 Å². The first-order chi connectivity index (χ1) is 16.7. The highest BCUT2D eigenvalue weighted by atomic mass is 19.1. The Morgan fingerprint density at radius 3 is 2.03 bits per heavy atom. The molecule has 10 nitrogen and oxygen atoms in total. The highest BCUT2D eigenvalue weighted by molar-refractivity contribution is 6.03. The minimum atomic E-state index is -0.698. The van der Waals surface area contributed by atoms with Crippen LogP contribution in [0.4, 0.5) is 10.1 Å². The van der Waals surface area contributed by atoms with E-state index in [2.05, 4.69) is 10.1 Å². The van der Waals surface area contributed by atoms with Crippen molar-refractivity contribution in [2.45, 2.75) is 13.3 Å². The fourth-order valence-electron chi connectivity index (χ4n) is 3.37. The number of benzene rings is 2. The third-order valence-electron chi connectivity index (χ3n) is 5.02. The number of methoxy groups -OCH3 is 3. The number of hydrogen-bond donors (Lipinski definition) is 1. The quantitative estimate of drug-likeness (QED) is 0.311. The van der Waals surface area contributed by atoms with Gasteiger partial charge in [-0.2, -0.15) is 0 Å². The largest absolute Gasteiger partial charge is 0.469 e. The minimum absolute atomic E-state index is 0.0505. The number of nitrogens with zero attached hydrogens (tertiary/aromatic N) is 2. The number of nitrogens with one attached hydrogen (secondary N) is 1. The van der Waals surface area contributed by atoms with Crippen LogP contribution in [0.15, 0.2) is 52.3 Å². The molecule has 0 spiro atoms. The van der Waals surface area contributed by atoms with Gasteiger partial charge in [0.1, 0.15) is 5.82 Å². The van der Waals surface area contributed by atoms with Gasteiger partial charge in [-0.3, -0.25) is 19.7 Å². The zero-order valence-electron chi connectivity index (χ0n) is 19.4. The van der Waals surface area contributed by atoms with Gasteiger partial charge in [0.15, 0.2) is 0 Å². The van der Waals surface area contributed by atoms with E-state index in [-0.39, 0.29) is 40.2 Å². The molecule has 0 aliphatic rings. The van der Waals surface area contributed by atoms with Crippen LogP contribution in [-0.2, 0) is 25.4 Å². The number of hydrogen-bond acceptors (Lipinski definition) is 8. The molecule has 0 saturated carbocycles. The lowest BCUT2D eigenvalue weighted by Crippen LogP contribution is -2.20. The molecule has 11 heteroatoms. The highest BCUT2D eigenvalue weighted by Gasteiger charge is 2.21. The molecule has 0 unspecified atom stereocenters. The van der Waals surface area contributed by atoms with Crippen molar-refractivity contribution in [3.05, 3.63) is 81.0 Å². The van der Waals surface area contributed by atoms with Crippen LogP contribution in [0.5, 0.6) is 0 Å². The number of aromatic nitrogens is 2. The first-order valence-corrected chi connectivity index (χ1v) is 10.2. The maximum Gasteiger partial charge on any atom is 0.337 e. The summed E-state index contributed by atoms with van der Waals surface area (Å²) in [5.74, 6) is -2.48. The second-order valence-electron chi connectivity index (χ2n) is 7.28. The van der Waals surface area contributed by atoms with Gasteiger partial charge < -0.3 is 14.2 Å². The molecule has 0 aliphatic heterocycles. The normalized spacial score (nSPS) is 11.2. The third-order valence-corrected chi connectivity index (χ3v) is 5.02. The molecule has 3 aromatic rings. The highest BCUT2D eigenvalue weighted by Crippen LogP contribution is 2.21. The molecule has 0 amide bonds. The summed E-state index contributed by atoms with van der Waals surface area (Å²) < 4.78 is 28.7. The fraction of sp³-hybridized carbons (Fsp3) is 0.208. The average Bonchev–Trinajstić information content (AvgIpc) is 3.18. The Hall–Kier alpha value is -4.54. The maximum absolute atomic E-state index is 13.4. The Bertz CT molecular complexity index is 1340. The van der Waals surface area contributed by atoms with E-state index < -0.39 is 29.3 Å². The van der Waals surface area contributed by atoms with Crippen molar-refractivity contribution >= 4 is 29.3 Å². The topological polar surface area (TPSA) is 129 Å². The number of carbonyl (C=O) groups is 3. The van der Waals surface area contributed by atoms with E-state index in [1.54, 1.807) is 0 Å². The summed E-state index contributed by atoms with van der Waals surface area (Å²) in [6.45, 7) is 1.53. The first-order valence-electron chi connectivity index (χ1n) is 10.2. The smallest absolute Gasteiger partial charge is 0.337 e. The van der Waals surface area contributed by atoms with Crippen LogP contribution in [-0.4, -0.2) is 54.7 Å². The van der Waals surface area contributed by atoms with Crippen LogP contribution in [0, 0.1) is 5.82 Å². The number of aliphatic imine (C=N–C) groups is 1. The Kier molecular flexibility index (Phi) is 7.59. The molecule has 0 radical (unpaired) electrons. The van der Waals surface area contributed by atoms with Crippen LogP contribution in [0.3, 0.4) is 0 Å². The van der Waals surface area contributed by atoms with E-state index in [1.807, 2.05) is 0 Å². The van der Waals surface area contributed by atoms with Gasteiger partial charge in [0, 0.05) is 0 Å². The van der Waals surface area contributed by atoms with Crippen molar-refractivity contribution in [1.82, 2.24) is 9.78 Å². The van der Waals surface area contributed by atoms with Crippen LogP contribution in [0.1, 0.15) is 38.9 Å². The second-order valence-corrected chi connectivity index (χ2v) is 7.28. The Morgan fingerprint density at radius 2 is 1.51 bits per heavy atom. The summed E-state index contributed by atoms with van der Waals surface area (Å²) in [5, 5.41) is 2.85. The SMILES string of the molecule is COC(=O)Cc1[nH]n(-c2ccc(F)cc2)c(=O)c1C(C)=Nc1cc(C(=O)OC)cc(C(=O)OC)c1. The van der Waals surface area contributed by atoms with E-state index in [9.17, 15) is 23.6 Å². The summed E-state index contributed by atoms with van der Waals surface area (Å²) in [6, 6.07) is 9.24. The molecule has 0 saturated heterocycles. The maximum atomic E-state index is 13.4. The predicted molar refractivity (Wildman–Crippen MR) is 123 cm³/mol. The summed E-state index contributed by atoms with van der Waals surface area (Å²) >= 11 is 0. The number of halogens is 1. The minimum Gasteiger partial charge on any atom is -0.469 e. The molecular weight excluding hydrogens is 461 g/mol. The zero-order valence-corrected chi connectivity index (χ0v) is 19.4. The Labute approximate surface area is 198 Å². The summed E-state index contributed by atoms with van der Waals surface area (Å²) in [7, 11) is 3.60. The molecule has 3 rings (SSSR count). The molecule has 2 aromatic carbocycles. The lowest BCUT2D eigenvalue weighted by Gasteiger charge is -2.06. The van der Waals surface area contributed by atoms with Crippen molar-refractivity contribution in [2.24, 2.45) is 4.99 Å². The van der Waals surface area contributed by atoms with Gasteiger partial charge in [0.2, 0.25) is 0 Å². The molecule has 0 bridgehead atoms. The van der Waals surface area contributed by atoms with Crippen LogP contribution in [0.2, 0.25) is 0 Å². The van der Waals surface area contributed by atoms with Gasteiger partial charge in [-0.05, 0) is 49.4 Å². The molecule has 0 fully saturated rings. The number of ether oxygens (including phenoxy) is 3. The van der Waals surface area contributed by atoms with Crippen molar-refractivity contribution < 1.29 is 33.0 Å². The zero-order chi connectivity index (χ0) is 25.7. The standard InChI is InChI=1S/C24H22FN3O7/c1-13(26-17-10-14(23(31)34-3)9-15(11-17)24(32)35-4)21-19(12-20(29)33-2)27-28(22(21)30)18-7-5-16(25)6-8-18/h5-11,27H,12H2,1-4H3. The number of esters is 3. The van der Waals surface area contributed by atoms with Crippen molar-refractivity contribution in [2.75, 3.05) is 21.3 Å². The monoisotopic (exact) mass is 483 g/mol. The third kappa shape index (κ3) is 5.52. The summed E-state index contributed by atoms with van der Waals surface area (Å²) in [4.78, 5) is 53.8. The lowest BCUT2D eigenvalue weighted by atomic mass is 10.1. The predicted octanol–water partition coefficient (Wildman–Crippen LogP) is 2.73. The van der Waals surface area contributed by atoms with E-state index in [0.29, 0.717) is 5.69 Å². The molecule has 0 atom stereocenters. The van der Waals surface area contributed by atoms with Gasteiger partial charge in [-0.1, -0.05) is 0 Å². The molecule has 35 heavy (non-hydrogen) atoms. The van der Waals surface area contributed by atoms with Crippen molar-refractivity contribution in [3.63, 3.8) is 0 Å². The van der Waals surface area contributed by atoms with Crippen LogP contribution < -0.4 is 5.56 Å². The summed E-state index contributed by atoms with van der Waals surface area (Å²) in [5.41, 5.74) is 0.528. The molecule has 1 aromatic heterocycles. The van der Waals surface area contributed by atoms with Gasteiger partial charge in [0.05, 0.1) is 67.2 Å². The van der Waals surface area contributed by atoms with Gasteiger partial charge in [-0.25, -0.2) is 18.7 Å². The Morgan fingerprint density at radius 1 is 0.943 bits per heavy atom. The first kappa shape index (κ1) is 25.1. The van der Waals surface area contributed by atoms with Gasteiger partial charge in [-0.15, -0.1) is 0 Å². The second kappa shape index (κ2) is 10.6. The number of aromatic amines is 1. The summed E-state index contributed by atoms with van der Waals surface area (Å²) in [6.07, 6.45) is -0.266. The number of carbonyl (C=O) groups excluding carboxylic acids is 3. The van der Waals surface area contributed by atoms with Gasteiger partial charge in [0.25, 0.3) is 5.56 Å². The molecule has 182 valence electrons. The van der Waals surface area contributed by atoms with Gasteiger partial charge >= 0.3 is 17.9 Å². The Balaban J connectivity index is 2.18. The molecule has 0 aliphatic carbocycles. The molecule has 1 N–H and O–H groups in total. The average molecular weight is 483 g/mol. The van der Waals surface area contributed by atoms with E-state index in [1.165, 1.54) is 70.7 Å². The molecule has 1 heterocycles. The van der Waals surface area contributed by atoms with E-state index in [4.69, 9.17) is 14.2 Å². The van der Waals surface area contributed by atoms with E-state index >= 15 is 0 Å². The van der Waals surface area contributed by atoms with Crippen LogP contribution in [0.25, 0.3) is 5.69 Å². The van der Waals surface area contributed by atoms with E-state index in [0.717, 1.165) is 4.68 Å². The van der Waals surface area contributed by atoms with Crippen LogP contribution >= 0.6 is 0 Å². The molecular formula is C24H22FN3O7. The fourth-order valence-corrected chi connectivity index (χ4v) is 3.37.